The van der Waals surface area contributed by atoms with E-state index in [2.05, 4.69) is 4.98 Å². The molecule has 0 spiro atoms. The second-order valence-corrected chi connectivity index (χ2v) is 10.3. The molecule has 1 aromatic heterocycles. The van der Waals surface area contributed by atoms with Gasteiger partial charge in [-0.05, 0) is 31.0 Å². The first-order chi connectivity index (χ1) is 19.9. The molecule has 0 saturated carbocycles. The summed E-state index contributed by atoms with van der Waals surface area (Å²) in [6.45, 7) is 2.89. The number of benzene rings is 2. The number of nitrogens with zero attached hydrogens (tertiary/aromatic N) is 5. The molecule has 1 fully saturated rings. The van der Waals surface area contributed by atoms with Gasteiger partial charge < -0.3 is 25.0 Å². The molecule has 0 atom stereocenters. The summed E-state index contributed by atoms with van der Waals surface area (Å²) in [6, 6.07) is 10.5. The molecule has 11 heteroatoms. The van der Waals surface area contributed by atoms with Crippen molar-refractivity contribution in [2.45, 2.75) is 38.5 Å². The molecule has 1 saturated heterocycles. The van der Waals surface area contributed by atoms with Crippen molar-refractivity contribution in [3.63, 3.8) is 0 Å². The van der Waals surface area contributed by atoms with Crippen LogP contribution in [-0.2, 0) is 4.79 Å². The van der Waals surface area contributed by atoms with E-state index in [1.165, 1.54) is 4.90 Å². The Morgan fingerprint density at radius 1 is 0.854 bits per heavy atom. The molecule has 3 heterocycles. The van der Waals surface area contributed by atoms with Crippen LogP contribution < -0.4 is 20.1 Å². The van der Waals surface area contributed by atoms with Crippen LogP contribution in [-0.4, -0.2) is 84.4 Å². The largest absolute Gasteiger partial charge is 0.493 e. The minimum absolute atomic E-state index is 0.159. The molecule has 2 aliphatic rings. The smallest absolute Gasteiger partial charge is 0.261 e. The van der Waals surface area contributed by atoms with Crippen molar-refractivity contribution in [1.29, 1.82) is 0 Å². The highest BCUT2D eigenvalue weighted by Gasteiger charge is 2.34. The summed E-state index contributed by atoms with van der Waals surface area (Å²) in [5.74, 6) is 1.80. The van der Waals surface area contributed by atoms with Crippen LogP contribution in [0.3, 0.4) is 0 Å². The molecule has 2 aliphatic heterocycles. The van der Waals surface area contributed by atoms with Gasteiger partial charge in [0.15, 0.2) is 11.5 Å². The lowest BCUT2D eigenvalue weighted by atomic mass is 10.1. The number of nitrogen functional groups attached to an aromatic ring is 1. The molecule has 216 valence electrons. The zero-order chi connectivity index (χ0) is 28.9. The van der Waals surface area contributed by atoms with Gasteiger partial charge in [0.1, 0.15) is 5.82 Å². The van der Waals surface area contributed by atoms with Crippen molar-refractivity contribution in [1.82, 2.24) is 19.8 Å². The van der Waals surface area contributed by atoms with Gasteiger partial charge >= 0.3 is 0 Å². The molecule has 41 heavy (non-hydrogen) atoms. The lowest BCUT2D eigenvalue weighted by Gasteiger charge is -2.35. The predicted octanol–water partition coefficient (Wildman–Crippen LogP) is 3.51. The van der Waals surface area contributed by atoms with Gasteiger partial charge in [0.25, 0.3) is 11.8 Å². The predicted molar refractivity (Wildman–Crippen MR) is 155 cm³/mol. The lowest BCUT2D eigenvalue weighted by molar-refractivity contribution is -0.131. The van der Waals surface area contributed by atoms with Crippen molar-refractivity contribution in [3.8, 4) is 11.5 Å². The quantitative estimate of drug-likeness (QED) is 0.276. The number of anilines is 2. The number of aromatic nitrogens is 2. The summed E-state index contributed by atoms with van der Waals surface area (Å²) in [5, 5.41) is 0.698. The van der Waals surface area contributed by atoms with E-state index < -0.39 is 0 Å². The number of imide groups is 1. The highest BCUT2D eigenvalue weighted by atomic mass is 16.5. The molecule has 0 bridgehead atoms. The summed E-state index contributed by atoms with van der Waals surface area (Å²) < 4.78 is 10.8. The molecule has 0 unspecified atom stereocenters. The molecule has 3 amide bonds. The van der Waals surface area contributed by atoms with E-state index >= 15 is 0 Å². The fourth-order valence-corrected chi connectivity index (χ4v) is 5.44. The van der Waals surface area contributed by atoms with E-state index in [-0.39, 0.29) is 17.7 Å². The highest BCUT2D eigenvalue weighted by Crippen LogP contribution is 2.34. The van der Waals surface area contributed by atoms with Crippen LogP contribution in [0.4, 0.5) is 11.8 Å². The van der Waals surface area contributed by atoms with E-state index in [1.807, 2.05) is 9.80 Å². The van der Waals surface area contributed by atoms with Crippen LogP contribution in [0, 0.1) is 0 Å². The summed E-state index contributed by atoms with van der Waals surface area (Å²) in [7, 11) is 3.15. The Balaban J connectivity index is 1.02. The van der Waals surface area contributed by atoms with Crippen LogP contribution in [0.25, 0.3) is 10.9 Å². The van der Waals surface area contributed by atoms with E-state index in [1.54, 1.807) is 50.6 Å². The monoisotopic (exact) mass is 560 g/mol. The Bertz CT molecular complexity index is 1420. The number of carbonyl (C=O) groups excluding carboxylic acids is 3. The first-order valence-corrected chi connectivity index (χ1v) is 14.1. The Kier molecular flexibility index (Phi) is 8.51. The average Bonchev–Trinajstić information content (AvgIpc) is 3.24. The third-order valence-electron chi connectivity index (χ3n) is 7.78. The molecule has 0 radical (unpaired) electrons. The molecule has 5 rings (SSSR count). The second kappa shape index (κ2) is 12.4. The number of fused-ring (bicyclic) bond motifs is 2. The Morgan fingerprint density at radius 2 is 1.46 bits per heavy atom. The fourth-order valence-electron chi connectivity index (χ4n) is 5.44. The van der Waals surface area contributed by atoms with Crippen molar-refractivity contribution in [2.24, 2.45) is 0 Å². The Labute approximate surface area is 239 Å². The molecule has 11 nitrogen and oxygen atoms in total. The first-order valence-electron chi connectivity index (χ1n) is 14.1. The minimum Gasteiger partial charge on any atom is -0.493 e. The summed E-state index contributed by atoms with van der Waals surface area (Å²) >= 11 is 0. The van der Waals surface area contributed by atoms with Gasteiger partial charge in [0.2, 0.25) is 11.9 Å². The number of methoxy groups -OCH3 is 2. The minimum atomic E-state index is -0.201. The Hall–Kier alpha value is -4.41. The van der Waals surface area contributed by atoms with Crippen molar-refractivity contribution >= 4 is 40.4 Å². The number of piperazine rings is 1. The fraction of sp³-hybridized carbons (Fsp3) is 0.433. The van der Waals surface area contributed by atoms with Gasteiger partial charge in [-0.1, -0.05) is 31.4 Å². The normalized spacial score (nSPS) is 15.0. The maximum Gasteiger partial charge on any atom is 0.261 e. The van der Waals surface area contributed by atoms with E-state index in [0.29, 0.717) is 84.4 Å². The number of unbranched alkanes of at least 4 members (excludes halogenated alkanes) is 4. The first kappa shape index (κ1) is 28.1. The number of hydrogen-bond acceptors (Lipinski definition) is 9. The number of amides is 3. The molecule has 2 aromatic carbocycles. The maximum atomic E-state index is 12.8. The Morgan fingerprint density at radius 3 is 2.12 bits per heavy atom. The van der Waals surface area contributed by atoms with Gasteiger partial charge in [0, 0.05) is 50.6 Å². The van der Waals surface area contributed by atoms with Gasteiger partial charge in [-0.3, -0.25) is 19.3 Å². The van der Waals surface area contributed by atoms with Crippen molar-refractivity contribution in [3.05, 3.63) is 47.5 Å². The second-order valence-electron chi connectivity index (χ2n) is 10.3. The zero-order valence-electron chi connectivity index (χ0n) is 23.6. The molecule has 3 aromatic rings. The molecular formula is C30H36N6O5. The molecule has 2 N–H and O–H groups in total. The van der Waals surface area contributed by atoms with Crippen LogP contribution in [0.15, 0.2) is 36.4 Å². The van der Waals surface area contributed by atoms with Crippen LogP contribution in [0.1, 0.15) is 59.2 Å². The third-order valence-corrected chi connectivity index (χ3v) is 7.78. The van der Waals surface area contributed by atoms with E-state index in [4.69, 9.17) is 20.2 Å². The van der Waals surface area contributed by atoms with Gasteiger partial charge in [-0.2, -0.15) is 4.98 Å². The van der Waals surface area contributed by atoms with Crippen molar-refractivity contribution in [2.75, 3.05) is 57.6 Å². The standard InChI is InChI=1S/C30H36N6O5/c1-40-24-18-22-23(19-25(24)41-2)32-30(33-27(22)31)35-16-14-34(15-17-35)26(37)12-6-4-3-5-9-13-36-28(38)20-10-7-8-11-21(20)29(36)39/h7-8,10-11,18-19H,3-6,9,12-17H2,1-2H3,(H2,31,32,33). The van der Waals surface area contributed by atoms with Crippen molar-refractivity contribution < 1.29 is 23.9 Å². The van der Waals surface area contributed by atoms with Crippen LogP contribution >= 0.6 is 0 Å². The number of ether oxygens (including phenoxy) is 2. The summed E-state index contributed by atoms with van der Waals surface area (Å²) in [6.07, 6.45) is 4.91. The number of carbonyl (C=O) groups is 3. The number of nitrogens with two attached hydrogens (primary N) is 1. The topological polar surface area (TPSA) is 131 Å². The number of rotatable bonds is 11. The van der Waals surface area contributed by atoms with Gasteiger partial charge in [0.05, 0.1) is 30.9 Å². The van der Waals surface area contributed by atoms with E-state index in [9.17, 15) is 14.4 Å². The maximum absolute atomic E-state index is 12.8. The van der Waals surface area contributed by atoms with Gasteiger partial charge in [-0.25, -0.2) is 4.98 Å². The molecular weight excluding hydrogens is 524 g/mol. The van der Waals surface area contributed by atoms with Crippen LogP contribution in [0.5, 0.6) is 11.5 Å². The highest BCUT2D eigenvalue weighted by molar-refractivity contribution is 6.21. The van der Waals surface area contributed by atoms with E-state index in [0.717, 1.165) is 32.1 Å². The third kappa shape index (κ3) is 5.89. The SMILES string of the molecule is COc1cc2nc(N3CCN(C(=O)CCCCCCCN4C(=O)c5ccccc5C4=O)CC3)nc(N)c2cc1OC. The average molecular weight is 561 g/mol. The number of hydrogen-bond donors (Lipinski definition) is 1. The lowest BCUT2D eigenvalue weighted by Crippen LogP contribution is -2.49. The van der Waals surface area contributed by atoms with Crippen LogP contribution in [0.2, 0.25) is 0 Å². The van der Waals surface area contributed by atoms with Gasteiger partial charge in [-0.15, -0.1) is 0 Å². The summed E-state index contributed by atoms with van der Waals surface area (Å²) in [5.41, 5.74) is 7.90. The zero-order valence-corrected chi connectivity index (χ0v) is 23.6. The summed E-state index contributed by atoms with van der Waals surface area (Å²) in [4.78, 5) is 52.2. The molecule has 0 aliphatic carbocycles.